The number of aromatic nitrogens is 6. The van der Waals surface area contributed by atoms with Crippen molar-refractivity contribution in [3.63, 3.8) is 0 Å². The molecule has 1 atom stereocenters. The molecule has 0 spiro atoms. The average Bonchev–Trinajstić information content (AvgIpc) is 3.16. The predicted molar refractivity (Wildman–Crippen MR) is 113 cm³/mol. The van der Waals surface area contributed by atoms with E-state index in [9.17, 15) is 4.79 Å². The van der Waals surface area contributed by atoms with Gasteiger partial charge in [-0.1, -0.05) is 56.4 Å². The first-order valence-corrected chi connectivity index (χ1v) is 9.96. The van der Waals surface area contributed by atoms with Crippen molar-refractivity contribution in [2.24, 2.45) is 0 Å². The topological polar surface area (TPSA) is 101 Å². The van der Waals surface area contributed by atoms with Gasteiger partial charge in [-0.2, -0.15) is 9.78 Å². The first kappa shape index (κ1) is 18.3. The lowest BCUT2D eigenvalue weighted by Gasteiger charge is -2.28. The van der Waals surface area contributed by atoms with Crippen molar-refractivity contribution in [1.82, 2.24) is 30.4 Å². The number of halogens is 3. The molecule has 2 aromatic carbocycles. The summed E-state index contributed by atoms with van der Waals surface area (Å²) in [5.41, 5.74) is 2.53. The molecule has 0 fully saturated rings. The summed E-state index contributed by atoms with van der Waals surface area (Å²) in [5, 5.41) is 22.6. The standard InChI is InChI=1S/C18H10BrCl2N7O/c19-9-3-1-2-8(6-9)16-13-14(11-5-4-10(20)7-12(11)21)23-24-17(29)15(13)22-18-25-26-27-28(16)18/h1-7,16H,(H,24,29)(H,22,25,27)/t16-/m0/s1. The summed E-state index contributed by atoms with van der Waals surface area (Å²) in [6, 6.07) is 12.3. The molecule has 8 nitrogen and oxygen atoms in total. The van der Waals surface area contributed by atoms with Crippen molar-refractivity contribution in [3.8, 4) is 11.3 Å². The van der Waals surface area contributed by atoms with Crippen molar-refractivity contribution in [2.45, 2.75) is 6.04 Å². The van der Waals surface area contributed by atoms with Crippen LogP contribution >= 0.6 is 39.1 Å². The largest absolute Gasteiger partial charge is 0.318 e. The van der Waals surface area contributed by atoms with Crippen LogP contribution in [-0.2, 0) is 0 Å². The molecule has 0 saturated carbocycles. The highest BCUT2D eigenvalue weighted by Gasteiger charge is 2.34. The number of benzene rings is 2. The van der Waals surface area contributed by atoms with E-state index in [1.54, 1.807) is 22.9 Å². The quantitative estimate of drug-likeness (QED) is 0.384. The van der Waals surface area contributed by atoms with Crippen LogP contribution < -0.4 is 10.9 Å². The zero-order valence-corrected chi connectivity index (χ0v) is 17.5. The molecule has 29 heavy (non-hydrogen) atoms. The van der Waals surface area contributed by atoms with E-state index in [4.69, 9.17) is 23.2 Å². The van der Waals surface area contributed by atoms with Crippen molar-refractivity contribution in [2.75, 3.05) is 5.32 Å². The van der Waals surface area contributed by atoms with Crippen LogP contribution in [0.5, 0.6) is 0 Å². The Bertz CT molecular complexity index is 1320. The van der Waals surface area contributed by atoms with Crippen molar-refractivity contribution < 1.29 is 0 Å². The van der Waals surface area contributed by atoms with Crippen LogP contribution in [-0.4, -0.2) is 30.4 Å². The van der Waals surface area contributed by atoms with Crippen molar-refractivity contribution in [3.05, 3.63) is 78.5 Å². The minimum atomic E-state index is -0.495. The summed E-state index contributed by atoms with van der Waals surface area (Å²) in [4.78, 5) is 12.6. The second-order valence-corrected chi connectivity index (χ2v) is 8.10. The number of nitrogens with zero attached hydrogens (tertiary/aromatic N) is 5. The molecular formula is C18H10BrCl2N7O. The van der Waals surface area contributed by atoms with E-state index in [1.165, 1.54) is 0 Å². The molecule has 2 aromatic heterocycles. The number of tetrazole rings is 1. The minimum absolute atomic E-state index is 0.313. The second kappa shape index (κ2) is 6.94. The van der Waals surface area contributed by atoms with Crippen LogP contribution in [0.4, 0.5) is 11.6 Å². The molecule has 0 aliphatic carbocycles. The number of nitrogens with one attached hydrogen (secondary N) is 2. The first-order valence-electron chi connectivity index (χ1n) is 8.41. The summed E-state index contributed by atoms with van der Waals surface area (Å²) >= 11 is 16.0. The highest BCUT2D eigenvalue weighted by Crippen LogP contribution is 2.43. The summed E-state index contributed by atoms with van der Waals surface area (Å²) < 4.78 is 2.49. The maximum absolute atomic E-state index is 12.6. The summed E-state index contributed by atoms with van der Waals surface area (Å²) in [7, 11) is 0. The molecule has 0 amide bonds. The highest BCUT2D eigenvalue weighted by atomic mass is 79.9. The van der Waals surface area contributed by atoms with Crippen LogP contribution in [0.2, 0.25) is 10.0 Å². The number of hydrogen-bond acceptors (Lipinski definition) is 6. The summed E-state index contributed by atoms with van der Waals surface area (Å²) in [6.07, 6.45) is 0. The van der Waals surface area contributed by atoms with E-state index in [2.05, 4.69) is 47.0 Å². The van der Waals surface area contributed by atoms with Gasteiger partial charge in [-0.05, 0) is 46.3 Å². The second-order valence-electron chi connectivity index (χ2n) is 6.34. The molecule has 0 unspecified atom stereocenters. The minimum Gasteiger partial charge on any atom is -0.318 e. The SMILES string of the molecule is O=c1[nH]nc(-c2ccc(Cl)cc2Cl)c2c1Nc1nnnn1[C@H]2c1cccc(Br)c1. The lowest BCUT2D eigenvalue weighted by molar-refractivity contribution is 0.567. The fourth-order valence-electron chi connectivity index (χ4n) is 3.41. The Hall–Kier alpha value is -2.75. The lowest BCUT2D eigenvalue weighted by Crippen LogP contribution is -2.29. The molecule has 3 heterocycles. The Morgan fingerprint density at radius 3 is 2.79 bits per heavy atom. The molecule has 0 bridgehead atoms. The fourth-order valence-corrected chi connectivity index (χ4v) is 4.32. The maximum Gasteiger partial charge on any atom is 0.288 e. The average molecular weight is 491 g/mol. The van der Waals surface area contributed by atoms with Crippen LogP contribution in [0.25, 0.3) is 11.3 Å². The summed E-state index contributed by atoms with van der Waals surface area (Å²) in [6.45, 7) is 0. The number of rotatable bonds is 2. The smallest absolute Gasteiger partial charge is 0.288 e. The van der Waals surface area contributed by atoms with Crippen molar-refractivity contribution >= 4 is 50.8 Å². The molecule has 0 radical (unpaired) electrons. The van der Waals surface area contributed by atoms with Crippen LogP contribution in [0.1, 0.15) is 17.2 Å². The third-order valence-electron chi connectivity index (χ3n) is 4.62. The van der Waals surface area contributed by atoms with E-state index in [-0.39, 0.29) is 5.56 Å². The highest BCUT2D eigenvalue weighted by molar-refractivity contribution is 9.10. The predicted octanol–water partition coefficient (Wildman–Crippen LogP) is 4.19. The fraction of sp³-hybridized carbons (Fsp3) is 0.0556. The molecular weight excluding hydrogens is 481 g/mol. The van der Waals surface area contributed by atoms with Gasteiger partial charge in [-0.15, -0.1) is 0 Å². The Kier molecular flexibility index (Phi) is 4.38. The first-order chi connectivity index (χ1) is 14.0. The number of H-pyrrole nitrogens is 1. The van der Waals surface area contributed by atoms with Gasteiger partial charge < -0.3 is 5.32 Å². The zero-order chi connectivity index (χ0) is 20.1. The van der Waals surface area contributed by atoms with Gasteiger partial charge in [-0.3, -0.25) is 4.79 Å². The van der Waals surface area contributed by atoms with Gasteiger partial charge >= 0.3 is 0 Å². The normalized spacial score (nSPS) is 14.8. The number of aromatic amines is 1. The van der Waals surface area contributed by atoms with Crippen molar-refractivity contribution in [1.29, 1.82) is 0 Å². The van der Waals surface area contributed by atoms with Gasteiger partial charge in [0.25, 0.3) is 5.56 Å². The number of fused-ring (bicyclic) bond motifs is 2. The lowest BCUT2D eigenvalue weighted by atomic mass is 9.92. The van der Waals surface area contributed by atoms with E-state index in [0.29, 0.717) is 38.5 Å². The Morgan fingerprint density at radius 2 is 2.00 bits per heavy atom. The maximum atomic E-state index is 12.6. The Morgan fingerprint density at radius 1 is 1.14 bits per heavy atom. The molecule has 11 heteroatoms. The third kappa shape index (κ3) is 3.02. The number of anilines is 2. The van der Waals surface area contributed by atoms with Gasteiger partial charge in [0.2, 0.25) is 5.95 Å². The summed E-state index contributed by atoms with van der Waals surface area (Å²) in [5.74, 6) is 0.354. The van der Waals surface area contributed by atoms with Gasteiger partial charge in [0.05, 0.1) is 5.02 Å². The van der Waals surface area contributed by atoms with Gasteiger partial charge in [-0.25, -0.2) is 5.10 Å². The molecule has 2 N–H and O–H groups in total. The van der Waals surface area contributed by atoms with Crippen LogP contribution in [0, 0.1) is 0 Å². The molecule has 1 aliphatic heterocycles. The van der Waals surface area contributed by atoms with Crippen LogP contribution in [0.15, 0.2) is 51.7 Å². The Labute approximate surface area is 182 Å². The Balaban J connectivity index is 1.84. The third-order valence-corrected chi connectivity index (χ3v) is 5.66. The zero-order valence-electron chi connectivity index (χ0n) is 14.4. The molecule has 4 aromatic rings. The molecule has 5 rings (SSSR count). The van der Waals surface area contributed by atoms with E-state index < -0.39 is 6.04 Å². The monoisotopic (exact) mass is 489 g/mol. The number of hydrogen-bond donors (Lipinski definition) is 2. The van der Waals surface area contributed by atoms with Crippen LogP contribution in [0.3, 0.4) is 0 Å². The van der Waals surface area contributed by atoms with Gasteiger partial charge in [0.15, 0.2) is 0 Å². The van der Waals surface area contributed by atoms with E-state index >= 15 is 0 Å². The molecule has 0 saturated heterocycles. The van der Waals surface area contributed by atoms with E-state index in [1.807, 2.05) is 24.3 Å². The van der Waals surface area contributed by atoms with E-state index in [0.717, 1.165) is 10.0 Å². The molecule has 144 valence electrons. The van der Waals surface area contributed by atoms with Gasteiger partial charge in [0, 0.05) is 20.6 Å². The van der Waals surface area contributed by atoms with Gasteiger partial charge in [0.1, 0.15) is 17.4 Å². The molecule has 1 aliphatic rings.